The first-order valence-corrected chi connectivity index (χ1v) is 15.5. The molecule has 0 bridgehead atoms. The molecule has 0 saturated heterocycles. The van der Waals surface area contributed by atoms with Crippen LogP contribution in [0.25, 0.3) is 11.0 Å². The molecule has 0 aliphatic carbocycles. The predicted molar refractivity (Wildman–Crippen MR) is 135 cm³/mol. The van der Waals surface area contributed by atoms with Crippen molar-refractivity contribution in [2.45, 2.75) is 45.4 Å². The minimum Gasteiger partial charge on any atom is -0.465 e. The van der Waals surface area contributed by atoms with Crippen LogP contribution in [0, 0.1) is 3.57 Å². The Labute approximate surface area is 202 Å². The highest BCUT2D eigenvalue weighted by atomic mass is 127. The monoisotopic (exact) mass is 565 g/mol. The molecule has 3 heterocycles. The van der Waals surface area contributed by atoms with Crippen molar-refractivity contribution in [2.24, 2.45) is 0 Å². The van der Waals surface area contributed by atoms with Crippen LogP contribution in [0.1, 0.15) is 11.1 Å². The molecule has 2 aromatic heterocycles. The summed E-state index contributed by atoms with van der Waals surface area (Å²) in [5.41, 5.74) is 2.99. The van der Waals surface area contributed by atoms with Gasteiger partial charge in [0, 0.05) is 43.7 Å². The number of aromatic nitrogens is 2. The summed E-state index contributed by atoms with van der Waals surface area (Å²) in [6.07, 6.45) is 3.62. The number of fused-ring (bicyclic) bond motifs is 2. The third-order valence-electron chi connectivity index (χ3n) is 5.59. The summed E-state index contributed by atoms with van der Waals surface area (Å²) < 4.78 is 15.3. The third-order valence-corrected chi connectivity index (χ3v) is 8.11. The molecule has 170 valence electrons. The van der Waals surface area contributed by atoms with Crippen LogP contribution in [-0.4, -0.2) is 46.9 Å². The molecule has 0 unspecified atom stereocenters. The van der Waals surface area contributed by atoms with Crippen LogP contribution in [-0.2, 0) is 24.4 Å². The topological polar surface area (TPSA) is 76.8 Å². The van der Waals surface area contributed by atoms with E-state index in [1.807, 2.05) is 35.0 Å². The number of nitrogens with zero attached hydrogens (tertiary/aromatic N) is 3. The average molecular weight is 565 g/mol. The summed E-state index contributed by atoms with van der Waals surface area (Å²) in [6, 6.07) is 8.92. The molecule has 1 aliphatic rings. The van der Waals surface area contributed by atoms with Gasteiger partial charge in [0.15, 0.2) is 0 Å². The van der Waals surface area contributed by atoms with Crippen molar-refractivity contribution < 1.29 is 19.4 Å². The number of hydrogen-bond acceptors (Lipinski definition) is 4. The van der Waals surface area contributed by atoms with Crippen molar-refractivity contribution in [1.82, 2.24) is 14.5 Å². The fourth-order valence-corrected chi connectivity index (χ4v) is 5.35. The predicted octanol–water partition coefficient (Wildman–Crippen LogP) is 5.78. The van der Waals surface area contributed by atoms with Crippen molar-refractivity contribution in [3.63, 3.8) is 0 Å². The van der Waals surface area contributed by atoms with E-state index in [0.717, 1.165) is 45.0 Å². The second-order valence-corrected chi connectivity index (χ2v) is 16.1. The Bertz CT molecular complexity index is 1140. The number of hydrogen-bond donors (Lipinski definition) is 1. The van der Waals surface area contributed by atoms with Crippen molar-refractivity contribution in [2.75, 3.05) is 13.2 Å². The van der Waals surface area contributed by atoms with Gasteiger partial charge in [-0.05, 0) is 64.4 Å². The maximum Gasteiger partial charge on any atom is 0.407 e. The molecule has 0 fully saturated rings. The lowest BCUT2D eigenvalue weighted by molar-refractivity contribution is 0.0898. The summed E-state index contributed by atoms with van der Waals surface area (Å²) in [6.45, 7) is 9.16. The first-order chi connectivity index (χ1) is 15.2. The van der Waals surface area contributed by atoms with E-state index in [4.69, 9.17) is 9.47 Å². The first kappa shape index (κ1) is 23.1. The molecule has 7 nitrogen and oxygen atoms in total. The molecule has 0 saturated carbocycles. The molecular formula is C23H28IN3O4Si. The van der Waals surface area contributed by atoms with Crippen LogP contribution in [0.15, 0.2) is 36.7 Å². The van der Waals surface area contributed by atoms with Gasteiger partial charge in [-0.3, -0.25) is 0 Å². The largest absolute Gasteiger partial charge is 0.465 e. The molecule has 9 heteroatoms. The standard InChI is InChI=1S/C23H28IN3O4Si/c1-32(2,3)11-10-30-15-27-14-19(24)21-20(6-8-25-22(21)27)31-18-5-4-16-7-9-26(23(28)29)13-17(16)12-18/h4-6,8,12,14H,7,9-11,13,15H2,1-3H3,(H,28,29). The minimum absolute atomic E-state index is 0.385. The Morgan fingerprint density at radius 1 is 1.25 bits per heavy atom. The van der Waals surface area contributed by atoms with E-state index >= 15 is 0 Å². The summed E-state index contributed by atoms with van der Waals surface area (Å²) in [5.74, 6) is 1.42. The molecular weight excluding hydrogens is 537 g/mol. The molecule has 32 heavy (non-hydrogen) atoms. The van der Waals surface area contributed by atoms with Crippen LogP contribution < -0.4 is 4.74 Å². The van der Waals surface area contributed by atoms with Gasteiger partial charge in [0.05, 0.1) is 5.39 Å². The van der Waals surface area contributed by atoms with Gasteiger partial charge in [-0.2, -0.15) is 0 Å². The number of amides is 1. The molecule has 0 atom stereocenters. The molecule has 0 radical (unpaired) electrons. The normalized spacial score (nSPS) is 13.9. The SMILES string of the molecule is C[Si](C)(C)CCOCn1cc(I)c2c(Oc3ccc4c(c3)CN(C(=O)O)CC4)ccnc21. The Balaban J connectivity index is 1.54. The minimum atomic E-state index is -1.12. The van der Waals surface area contributed by atoms with Gasteiger partial charge < -0.3 is 24.0 Å². The van der Waals surface area contributed by atoms with Crippen molar-refractivity contribution >= 4 is 47.8 Å². The van der Waals surface area contributed by atoms with E-state index in [-0.39, 0.29) is 0 Å². The highest BCUT2D eigenvalue weighted by molar-refractivity contribution is 14.1. The van der Waals surface area contributed by atoms with Crippen LogP contribution in [0.3, 0.4) is 0 Å². The van der Waals surface area contributed by atoms with Gasteiger partial charge in [0.25, 0.3) is 0 Å². The van der Waals surface area contributed by atoms with E-state index in [0.29, 0.717) is 25.6 Å². The third kappa shape index (κ3) is 5.26. The molecule has 4 rings (SSSR count). The first-order valence-electron chi connectivity index (χ1n) is 10.7. The molecule has 1 aliphatic heterocycles. The van der Waals surface area contributed by atoms with Gasteiger partial charge in [-0.15, -0.1) is 0 Å². The van der Waals surface area contributed by atoms with E-state index in [1.165, 1.54) is 10.5 Å². The van der Waals surface area contributed by atoms with Crippen molar-refractivity contribution in [3.05, 3.63) is 51.4 Å². The zero-order valence-electron chi connectivity index (χ0n) is 18.6. The highest BCUT2D eigenvalue weighted by Crippen LogP contribution is 2.34. The van der Waals surface area contributed by atoms with Crippen molar-refractivity contribution in [3.8, 4) is 11.5 Å². The second-order valence-electron chi connectivity index (χ2n) is 9.29. The van der Waals surface area contributed by atoms with Crippen LogP contribution in [0.2, 0.25) is 25.7 Å². The maximum absolute atomic E-state index is 11.3. The Morgan fingerprint density at radius 2 is 2.06 bits per heavy atom. The second kappa shape index (κ2) is 9.40. The maximum atomic E-state index is 11.3. The van der Waals surface area contributed by atoms with E-state index < -0.39 is 14.2 Å². The smallest absolute Gasteiger partial charge is 0.407 e. The lowest BCUT2D eigenvalue weighted by atomic mass is 10.00. The average Bonchev–Trinajstić information content (AvgIpc) is 3.06. The number of rotatable bonds is 7. The number of benzene rings is 1. The Morgan fingerprint density at radius 3 is 2.81 bits per heavy atom. The van der Waals surface area contributed by atoms with Gasteiger partial charge in [0.1, 0.15) is 23.9 Å². The fourth-order valence-electron chi connectivity index (χ4n) is 3.75. The highest BCUT2D eigenvalue weighted by Gasteiger charge is 2.21. The lowest BCUT2D eigenvalue weighted by Gasteiger charge is -2.26. The number of ether oxygens (including phenoxy) is 2. The van der Waals surface area contributed by atoms with Gasteiger partial charge >= 0.3 is 6.09 Å². The van der Waals surface area contributed by atoms with E-state index in [1.54, 1.807) is 6.20 Å². The van der Waals surface area contributed by atoms with E-state index in [9.17, 15) is 9.90 Å². The molecule has 0 spiro atoms. The molecule has 3 aromatic rings. The van der Waals surface area contributed by atoms with Crippen LogP contribution in [0.5, 0.6) is 11.5 Å². The zero-order valence-corrected chi connectivity index (χ0v) is 21.8. The molecule has 1 amide bonds. The number of carbonyl (C=O) groups is 1. The quantitative estimate of drug-likeness (QED) is 0.223. The number of carboxylic acid groups (broad SMARTS) is 1. The summed E-state index contributed by atoms with van der Waals surface area (Å²) in [7, 11) is -1.12. The molecule has 1 N–H and O–H groups in total. The summed E-state index contributed by atoms with van der Waals surface area (Å²) >= 11 is 2.30. The fraction of sp³-hybridized carbons (Fsp3) is 0.391. The zero-order chi connectivity index (χ0) is 22.9. The Kier molecular flexibility index (Phi) is 6.77. The number of halogens is 1. The summed E-state index contributed by atoms with van der Waals surface area (Å²) in [4.78, 5) is 17.3. The van der Waals surface area contributed by atoms with Crippen molar-refractivity contribution in [1.29, 1.82) is 0 Å². The molecule has 1 aromatic carbocycles. The van der Waals surface area contributed by atoms with Gasteiger partial charge in [-0.25, -0.2) is 9.78 Å². The van der Waals surface area contributed by atoms with Crippen LogP contribution in [0.4, 0.5) is 4.79 Å². The summed E-state index contributed by atoms with van der Waals surface area (Å²) in [5, 5.41) is 10.3. The van der Waals surface area contributed by atoms with Crippen LogP contribution >= 0.6 is 22.6 Å². The lowest BCUT2D eigenvalue weighted by Crippen LogP contribution is -2.34. The Hall–Kier alpha value is -2.11. The van der Waals surface area contributed by atoms with Gasteiger partial charge in [-0.1, -0.05) is 25.7 Å². The van der Waals surface area contributed by atoms with E-state index in [2.05, 4.69) is 47.2 Å². The van der Waals surface area contributed by atoms with Gasteiger partial charge in [0.2, 0.25) is 0 Å². The number of pyridine rings is 1.